The monoisotopic (exact) mass is 547 g/mol. The topological polar surface area (TPSA) is 86.8 Å². The van der Waals surface area contributed by atoms with Crippen LogP contribution in [0.25, 0.3) is 0 Å². The van der Waals surface area contributed by atoms with Crippen molar-refractivity contribution in [2.45, 2.75) is 69.5 Å². The number of para-hydroxylation sites is 1. The summed E-state index contributed by atoms with van der Waals surface area (Å²) in [5.41, 5.74) is 2.02. The largest absolute Gasteiger partial charge is 0.352 e. The number of nitrogens with one attached hydrogen (secondary N) is 1. The third kappa shape index (κ3) is 6.87. The summed E-state index contributed by atoms with van der Waals surface area (Å²) in [6.07, 6.45) is 4.44. The van der Waals surface area contributed by atoms with E-state index in [9.17, 15) is 18.0 Å². The highest BCUT2D eigenvalue weighted by Crippen LogP contribution is 2.27. The number of carbonyl (C=O) groups excluding carboxylic acids is 2. The van der Waals surface area contributed by atoms with Gasteiger partial charge >= 0.3 is 0 Å². The lowest BCUT2D eigenvalue weighted by molar-refractivity contribution is -0.140. The van der Waals surface area contributed by atoms with Gasteiger partial charge in [-0.3, -0.25) is 13.9 Å². The van der Waals surface area contributed by atoms with Gasteiger partial charge in [-0.1, -0.05) is 86.5 Å². The molecule has 1 atom stereocenters. The summed E-state index contributed by atoms with van der Waals surface area (Å²) in [6, 6.07) is 24.1. The lowest BCUT2D eigenvalue weighted by Crippen LogP contribution is -2.53. The molecular formula is C31H37N3O4S. The highest BCUT2D eigenvalue weighted by molar-refractivity contribution is 7.92. The highest BCUT2D eigenvalue weighted by Gasteiger charge is 2.34. The second-order valence-corrected chi connectivity index (χ2v) is 11.9. The first-order chi connectivity index (χ1) is 18.8. The standard InChI is InChI=1S/C31H37N3O4S/c1-3-28(31(36)32-26-17-11-12-18-26)33(22-25-15-6-4-7-16-25)30(35)23-34(29-21-13-10-14-24(29)2)39(37,38)27-19-8-5-9-20-27/h4-10,13-16,19-21,26,28H,3,11-12,17-18,22-23H2,1-2H3,(H,32,36). The number of aryl methyl sites for hydroxylation is 1. The Morgan fingerprint density at radius 2 is 1.49 bits per heavy atom. The molecule has 0 spiro atoms. The summed E-state index contributed by atoms with van der Waals surface area (Å²) in [7, 11) is -4.06. The van der Waals surface area contributed by atoms with Gasteiger partial charge in [0.25, 0.3) is 10.0 Å². The van der Waals surface area contributed by atoms with Gasteiger partial charge in [-0.05, 0) is 55.5 Å². The van der Waals surface area contributed by atoms with Crippen molar-refractivity contribution in [2.75, 3.05) is 10.8 Å². The molecule has 1 N–H and O–H groups in total. The second kappa shape index (κ2) is 12.9. The maximum Gasteiger partial charge on any atom is 0.264 e. The molecule has 1 fully saturated rings. The first kappa shape index (κ1) is 28.4. The Bertz CT molecular complexity index is 1360. The maximum absolute atomic E-state index is 14.1. The number of sulfonamides is 1. The molecular weight excluding hydrogens is 510 g/mol. The van der Waals surface area contributed by atoms with Crippen molar-refractivity contribution < 1.29 is 18.0 Å². The van der Waals surface area contributed by atoms with Crippen LogP contribution in [0.5, 0.6) is 0 Å². The SMILES string of the molecule is CCC(C(=O)NC1CCCC1)N(Cc1ccccc1)C(=O)CN(c1ccccc1C)S(=O)(=O)c1ccccc1. The van der Waals surface area contributed by atoms with Crippen LogP contribution in [0.3, 0.4) is 0 Å². The van der Waals surface area contributed by atoms with Crippen LogP contribution in [0.2, 0.25) is 0 Å². The average Bonchev–Trinajstić information content (AvgIpc) is 3.46. The van der Waals surface area contributed by atoms with Gasteiger partial charge in [0, 0.05) is 12.6 Å². The van der Waals surface area contributed by atoms with E-state index in [0.29, 0.717) is 12.1 Å². The molecule has 0 heterocycles. The molecule has 0 bridgehead atoms. The highest BCUT2D eigenvalue weighted by atomic mass is 32.2. The number of hydrogen-bond donors (Lipinski definition) is 1. The molecule has 1 aliphatic carbocycles. The molecule has 0 saturated heterocycles. The fourth-order valence-corrected chi connectivity index (χ4v) is 6.64. The average molecular weight is 548 g/mol. The number of anilines is 1. The molecule has 1 aliphatic rings. The fourth-order valence-electron chi connectivity index (χ4n) is 5.14. The summed E-state index contributed by atoms with van der Waals surface area (Å²) < 4.78 is 28.9. The molecule has 0 aromatic heterocycles. The van der Waals surface area contributed by atoms with E-state index in [-0.39, 0.29) is 23.4 Å². The third-order valence-corrected chi connectivity index (χ3v) is 9.05. The first-order valence-electron chi connectivity index (χ1n) is 13.6. The number of hydrogen-bond acceptors (Lipinski definition) is 4. The molecule has 4 rings (SSSR count). The van der Waals surface area contributed by atoms with Crippen LogP contribution < -0.4 is 9.62 Å². The molecule has 39 heavy (non-hydrogen) atoms. The summed E-state index contributed by atoms with van der Waals surface area (Å²) in [5.74, 6) is -0.628. The molecule has 1 saturated carbocycles. The van der Waals surface area contributed by atoms with Gasteiger partial charge in [0.05, 0.1) is 10.6 Å². The Balaban J connectivity index is 1.70. The van der Waals surface area contributed by atoms with Crippen molar-refractivity contribution in [3.63, 3.8) is 0 Å². The minimum absolute atomic E-state index is 0.0988. The summed E-state index contributed by atoms with van der Waals surface area (Å²) in [4.78, 5) is 29.2. The second-order valence-electron chi connectivity index (χ2n) is 10.0. The number of carbonyl (C=O) groups is 2. The minimum Gasteiger partial charge on any atom is -0.352 e. The third-order valence-electron chi connectivity index (χ3n) is 7.28. The van der Waals surface area contributed by atoms with E-state index >= 15 is 0 Å². The normalized spacial score (nSPS) is 14.5. The zero-order valence-electron chi connectivity index (χ0n) is 22.6. The summed E-state index contributed by atoms with van der Waals surface area (Å²) in [6.45, 7) is 3.47. The molecule has 0 radical (unpaired) electrons. The van der Waals surface area contributed by atoms with Crippen LogP contribution in [0, 0.1) is 6.92 Å². The number of amides is 2. The van der Waals surface area contributed by atoms with Gasteiger partial charge in [0.2, 0.25) is 11.8 Å². The van der Waals surface area contributed by atoms with Gasteiger partial charge in [0.1, 0.15) is 12.6 Å². The number of rotatable bonds is 11. The van der Waals surface area contributed by atoms with E-state index in [1.807, 2.05) is 56.3 Å². The Labute approximate surface area is 231 Å². The maximum atomic E-state index is 14.1. The van der Waals surface area contributed by atoms with Crippen molar-refractivity contribution in [3.8, 4) is 0 Å². The van der Waals surface area contributed by atoms with Crippen LogP contribution in [-0.4, -0.2) is 43.8 Å². The zero-order valence-corrected chi connectivity index (χ0v) is 23.4. The molecule has 8 heteroatoms. The van der Waals surface area contributed by atoms with Crippen LogP contribution in [-0.2, 0) is 26.2 Å². The molecule has 0 aliphatic heterocycles. The molecule has 3 aromatic carbocycles. The van der Waals surface area contributed by atoms with Crippen LogP contribution >= 0.6 is 0 Å². The lowest BCUT2D eigenvalue weighted by Gasteiger charge is -2.34. The van der Waals surface area contributed by atoms with Crippen molar-refractivity contribution in [3.05, 3.63) is 96.1 Å². The minimum atomic E-state index is -4.06. The van der Waals surface area contributed by atoms with E-state index < -0.39 is 28.5 Å². The van der Waals surface area contributed by atoms with Crippen molar-refractivity contribution >= 4 is 27.5 Å². The van der Waals surface area contributed by atoms with Crippen molar-refractivity contribution in [1.29, 1.82) is 0 Å². The Morgan fingerprint density at radius 3 is 2.10 bits per heavy atom. The van der Waals surface area contributed by atoms with Gasteiger partial charge in [0.15, 0.2) is 0 Å². The van der Waals surface area contributed by atoms with E-state index in [1.54, 1.807) is 30.3 Å². The van der Waals surface area contributed by atoms with Crippen LogP contribution in [0.1, 0.15) is 50.2 Å². The summed E-state index contributed by atoms with van der Waals surface area (Å²) >= 11 is 0. The van der Waals surface area contributed by atoms with E-state index in [0.717, 1.165) is 36.8 Å². The predicted octanol–water partition coefficient (Wildman–Crippen LogP) is 5.06. The van der Waals surface area contributed by atoms with Gasteiger partial charge in [-0.2, -0.15) is 0 Å². The molecule has 3 aromatic rings. The Morgan fingerprint density at radius 1 is 0.897 bits per heavy atom. The lowest BCUT2D eigenvalue weighted by atomic mass is 10.1. The summed E-state index contributed by atoms with van der Waals surface area (Å²) in [5, 5.41) is 3.14. The van der Waals surface area contributed by atoms with E-state index in [1.165, 1.54) is 21.3 Å². The van der Waals surface area contributed by atoms with Crippen molar-refractivity contribution in [2.24, 2.45) is 0 Å². The molecule has 1 unspecified atom stereocenters. The smallest absolute Gasteiger partial charge is 0.264 e. The van der Waals surface area contributed by atoms with Gasteiger partial charge in [-0.25, -0.2) is 8.42 Å². The first-order valence-corrected chi connectivity index (χ1v) is 15.0. The quantitative estimate of drug-likeness (QED) is 0.364. The number of benzene rings is 3. The van der Waals surface area contributed by atoms with E-state index in [2.05, 4.69) is 5.32 Å². The molecule has 2 amide bonds. The van der Waals surface area contributed by atoms with Crippen molar-refractivity contribution in [1.82, 2.24) is 10.2 Å². The van der Waals surface area contributed by atoms with Gasteiger partial charge < -0.3 is 10.2 Å². The molecule has 7 nitrogen and oxygen atoms in total. The van der Waals surface area contributed by atoms with Gasteiger partial charge in [-0.15, -0.1) is 0 Å². The fraction of sp³-hybridized carbons (Fsp3) is 0.355. The van der Waals surface area contributed by atoms with E-state index in [4.69, 9.17) is 0 Å². The number of nitrogens with zero attached hydrogens (tertiary/aromatic N) is 2. The van der Waals surface area contributed by atoms with Crippen LogP contribution in [0.4, 0.5) is 5.69 Å². The zero-order chi connectivity index (χ0) is 27.8. The Hall–Kier alpha value is -3.65. The Kier molecular flexibility index (Phi) is 9.41. The molecule has 206 valence electrons. The van der Waals surface area contributed by atoms with Crippen LogP contribution in [0.15, 0.2) is 89.8 Å². The predicted molar refractivity (Wildman–Crippen MR) is 154 cm³/mol.